The van der Waals surface area contributed by atoms with E-state index in [1.54, 1.807) is 6.33 Å². The molecule has 21 heavy (non-hydrogen) atoms. The zero-order chi connectivity index (χ0) is 14.1. The van der Waals surface area contributed by atoms with E-state index in [2.05, 4.69) is 33.5 Å². The van der Waals surface area contributed by atoms with E-state index in [9.17, 15) is 0 Å². The molecule has 0 bridgehead atoms. The fraction of sp³-hybridized carbons (Fsp3) is 0.529. The molecule has 4 rings (SSSR count). The first kappa shape index (κ1) is 13.0. The SMILES string of the molecule is c1nc(NC2CCCCC2)c2cc(C3COC3)ccc2n1. The van der Waals surface area contributed by atoms with Gasteiger partial charge in [0.2, 0.25) is 0 Å². The second kappa shape index (κ2) is 5.60. The smallest absolute Gasteiger partial charge is 0.137 e. The molecule has 1 aliphatic carbocycles. The van der Waals surface area contributed by atoms with E-state index in [1.807, 2.05) is 0 Å². The Balaban J connectivity index is 1.66. The fourth-order valence-electron chi connectivity index (χ4n) is 3.31. The van der Waals surface area contributed by atoms with Crippen molar-refractivity contribution >= 4 is 16.7 Å². The molecule has 1 N–H and O–H groups in total. The van der Waals surface area contributed by atoms with Crippen LogP contribution in [0, 0.1) is 0 Å². The van der Waals surface area contributed by atoms with Gasteiger partial charge >= 0.3 is 0 Å². The lowest BCUT2D eigenvalue weighted by atomic mass is 9.94. The molecule has 1 saturated heterocycles. The number of anilines is 1. The Hall–Kier alpha value is -1.68. The highest BCUT2D eigenvalue weighted by Crippen LogP contribution is 2.30. The summed E-state index contributed by atoms with van der Waals surface area (Å²) in [6, 6.07) is 7.09. The van der Waals surface area contributed by atoms with Crippen molar-refractivity contribution in [2.24, 2.45) is 0 Å². The first-order valence-corrected chi connectivity index (χ1v) is 7.99. The summed E-state index contributed by atoms with van der Waals surface area (Å²) in [6.07, 6.45) is 8.19. The van der Waals surface area contributed by atoms with Crippen molar-refractivity contribution in [3.63, 3.8) is 0 Å². The fourth-order valence-corrected chi connectivity index (χ4v) is 3.31. The Morgan fingerprint density at radius 3 is 2.67 bits per heavy atom. The third kappa shape index (κ3) is 2.60. The average Bonchev–Trinajstić information content (AvgIpc) is 2.47. The molecule has 1 aromatic carbocycles. The Bertz CT molecular complexity index is 633. The Labute approximate surface area is 124 Å². The summed E-state index contributed by atoms with van der Waals surface area (Å²) in [5, 5.41) is 4.79. The maximum absolute atomic E-state index is 5.31. The van der Waals surface area contributed by atoms with Gasteiger partial charge in [-0.1, -0.05) is 25.3 Å². The third-order valence-electron chi connectivity index (χ3n) is 4.71. The van der Waals surface area contributed by atoms with Gasteiger partial charge in [-0.3, -0.25) is 0 Å². The van der Waals surface area contributed by atoms with Crippen LogP contribution < -0.4 is 5.32 Å². The number of hydrogen-bond acceptors (Lipinski definition) is 4. The van der Waals surface area contributed by atoms with Gasteiger partial charge in [-0.2, -0.15) is 0 Å². The van der Waals surface area contributed by atoms with Gasteiger partial charge < -0.3 is 10.1 Å². The Kier molecular flexibility index (Phi) is 3.47. The van der Waals surface area contributed by atoms with Crippen LogP contribution in [-0.4, -0.2) is 29.2 Å². The number of hydrogen-bond donors (Lipinski definition) is 1. The maximum Gasteiger partial charge on any atom is 0.137 e. The van der Waals surface area contributed by atoms with E-state index in [-0.39, 0.29) is 0 Å². The van der Waals surface area contributed by atoms with Gasteiger partial charge in [0.25, 0.3) is 0 Å². The number of rotatable bonds is 3. The summed E-state index contributed by atoms with van der Waals surface area (Å²) in [4.78, 5) is 8.89. The van der Waals surface area contributed by atoms with Crippen LogP contribution in [0.25, 0.3) is 10.9 Å². The first-order chi connectivity index (χ1) is 10.4. The standard InChI is InChI=1S/C17H21N3O/c1-2-4-14(5-3-1)20-17-15-8-12(13-9-21-10-13)6-7-16(15)18-11-19-17/h6-8,11,13-14H,1-5,9-10H2,(H,18,19,20). The minimum Gasteiger partial charge on any atom is -0.380 e. The van der Waals surface area contributed by atoms with Gasteiger partial charge in [0, 0.05) is 17.3 Å². The zero-order valence-electron chi connectivity index (χ0n) is 12.2. The molecule has 0 unspecified atom stereocenters. The molecule has 2 heterocycles. The van der Waals surface area contributed by atoms with Crippen molar-refractivity contribution in [1.82, 2.24) is 9.97 Å². The van der Waals surface area contributed by atoms with Crippen LogP contribution >= 0.6 is 0 Å². The molecular formula is C17H21N3O. The second-order valence-corrected chi connectivity index (χ2v) is 6.21. The quantitative estimate of drug-likeness (QED) is 0.936. The summed E-state index contributed by atoms with van der Waals surface area (Å²) in [5.74, 6) is 1.53. The van der Waals surface area contributed by atoms with Crippen LogP contribution in [0.5, 0.6) is 0 Å². The van der Waals surface area contributed by atoms with Crippen LogP contribution in [0.3, 0.4) is 0 Å². The van der Waals surface area contributed by atoms with Gasteiger partial charge in [0.05, 0.1) is 18.7 Å². The normalized spacial score (nSPS) is 20.4. The lowest BCUT2D eigenvalue weighted by Gasteiger charge is -2.27. The van der Waals surface area contributed by atoms with Crippen LogP contribution in [0.2, 0.25) is 0 Å². The van der Waals surface area contributed by atoms with Crippen molar-refractivity contribution < 1.29 is 4.74 Å². The summed E-state index contributed by atoms with van der Waals surface area (Å²) >= 11 is 0. The summed E-state index contributed by atoms with van der Waals surface area (Å²) < 4.78 is 5.31. The second-order valence-electron chi connectivity index (χ2n) is 6.21. The van der Waals surface area contributed by atoms with E-state index in [4.69, 9.17) is 4.74 Å². The van der Waals surface area contributed by atoms with E-state index < -0.39 is 0 Å². The van der Waals surface area contributed by atoms with Gasteiger partial charge in [0.1, 0.15) is 12.1 Å². The highest BCUT2D eigenvalue weighted by Gasteiger charge is 2.21. The zero-order valence-corrected chi connectivity index (χ0v) is 12.2. The molecule has 0 amide bonds. The van der Waals surface area contributed by atoms with Crippen molar-refractivity contribution in [1.29, 1.82) is 0 Å². The van der Waals surface area contributed by atoms with E-state index in [0.717, 1.165) is 29.9 Å². The van der Waals surface area contributed by atoms with Crippen LogP contribution in [0.4, 0.5) is 5.82 Å². The van der Waals surface area contributed by atoms with Gasteiger partial charge in [0.15, 0.2) is 0 Å². The highest BCUT2D eigenvalue weighted by molar-refractivity contribution is 5.89. The number of ether oxygens (including phenoxy) is 1. The Morgan fingerprint density at radius 2 is 1.90 bits per heavy atom. The minimum absolute atomic E-state index is 0.539. The molecule has 2 fully saturated rings. The molecule has 1 saturated carbocycles. The topological polar surface area (TPSA) is 47.0 Å². The lowest BCUT2D eigenvalue weighted by molar-refractivity contribution is 0.00847. The molecule has 2 aromatic rings. The molecule has 4 nitrogen and oxygen atoms in total. The van der Waals surface area contributed by atoms with E-state index >= 15 is 0 Å². The van der Waals surface area contributed by atoms with Crippen molar-refractivity contribution in [2.45, 2.75) is 44.1 Å². The largest absolute Gasteiger partial charge is 0.380 e. The molecular weight excluding hydrogens is 262 g/mol. The van der Waals surface area contributed by atoms with Crippen molar-refractivity contribution in [3.05, 3.63) is 30.1 Å². The number of benzene rings is 1. The Morgan fingerprint density at radius 1 is 1.05 bits per heavy atom. The van der Waals surface area contributed by atoms with Gasteiger partial charge in [-0.15, -0.1) is 0 Å². The van der Waals surface area contributed by atoms with Crippen LogP contribution in [-0.2, 0) is 4.74 Å². The maximum atomic E-state index is 5.31. The number of fused-ring (bicyclic) bond motifs is 1. The van der Waals surface area contributed by atoms with Gasteiger partial charge in [-0.25, -0.2) is 9.97 Å². The van der Waals surface area contributed by atoms with Crippen molar-refractivity contribution in [3.8, 4) is 0 Å². The molecule has 1 aliphatic heterocycles. The molecule has 4 heteroatoms. The average molecular weight is 283 g/mol. The predicted octanol–water partition coefficient (Wildman–Crippen LogP) is 3.49. The minimum atomic E-state index is 0.539. The first-order valence-electron chi connectivity index (χ1n) is 7.99. The number of nitrogens with zero attached hydrogens (tertiary/aromatic N) is 2. The van der Waals surface area contributed by atoms with Crippen molar-refractivity contribution in [2.75, 3.05) is 18.5 Å². The third-order valence-corrected chi connectivity index (χ3v) is 4.71. The summed E-state index contributed by atoms with van der Waals surface area (Å²) in [5.41, 5.74) is 2.36. The highest BCUT2D eigenvalue weighted by atomic mass is 16.5. The summed E-state index contributed by atoms with van der Waals surface area (Å²) in [6.45, 7) is 1.68. The monoisotopic (exact) mass is 283 g/mol. The van der Waals surface area contributed by atoms with Crippen LogP contribution in [0.1, 0.15) is 43.6 Å². The number of nitrogens with one attached hydrogen (secondary N) is 1. The molecule has 0 radical (unpaired) electrons. The van der Waals surface area contributed by atoms with Gasteiger partial charge in [-0.05, 0) is 30.5 Å². The molecule has 1 aromatic heterocycles. The molecule has 0 atom stereocenters. The van der Waals surface area contributed by atoms with Crippen LogP contribution in [0.15, 0.2) is 24.5 Å². The van der Waals surface area contributed by atoms with E-state index in [1.165, 1.54) is 37.7 Å². The predicted molar refractivity (Wildman–Crippen MR) is 83.6 cm³/mol. The molecule has 110 valence electrons. The summed E-state index contributed by atoms with van der Waals surface area (Å²) in [7, 11) is 0. The lowest BCUT2D eigenvalue weighted by Crippen LogP contribution is -2.25. The molecule has 0 spiro atoms. The molecule has 2 aliphatic rings. The van der Waals surface area contributed by atoms with E-state index in [0.29, 0.717) is 12.0 Å². The number of aromatic nitrogens is 2.